The fraction of sp³-hybridized carbons (Fsp3) is 0.667. The summed E-state index contributed by atoms with van der Waals surface area (Å²) in [6.45, 7) is 0.825. The first-order chi connectivity index (χ1) is 4.25. The molecule has 1 fully saturated rings. The van der Waals surface area contributed by atoms with Crippen LogP contribution < -0.4 is 0 Å². The molecule has 3 heteroatoms. The lowest BCUT2D eigenvalue weighted by molar-refractivity contribution is -0.121. The largest absolute Gasteiger partial charge is 0.340 e. The van der Waals surface area contributed by atoms with Crippen molar-refractivity contribution in [2.45, 2.75) is 6.42 Å². The number of amides is 1. The van der Waals surface area contributed by atoms with Gasteiger partial charge >= 0.3 is 0 Å². The van der Waals surface area contributed by atoms with Crippen LogP contribution in [-0.2, 0) is 4.79 Å². The molecule has 0 unspecified atom stereocenters. The first-order valence-electron chi connectivity index (χ1n) is 2.97. The summed E-state index contributed by atoms with van der Waals surface area (Å²) in [5, 5.41) is 0. The van der Waals surface area contributed by atoms with Crippen LogP contribution >= 0.6 is 0 Å². The lowest BCUT2D eigenvalue weighted by Crippen LogP contribution is -2.22. The molecule has 1 saturated heterocycles. The highest BCUT2D eigenvalue weighted by Crippen LogP contribution is 2.03. The van der Waals surface area contributed by atoms with Crippen LogP contribution in [0.1, 0.15) is 6.42 Å². The van der Waals surface area contributed by atoms with E-state index >= 15 is 0 Å². The predicted octanol–water partition coefficient (Wildman–Crippen LogP) is -0.0807. The maximum absolute atomic E-state index is 10.9. The predicted molar refractivity (Wildman–Crippen MR) is 35.6 cm³/mol. The van der Waals surface area contributed by atoms with E-state index in [4.69, 9.17) is 0 Å². The third kappa shape index (κ3) is 0.943. The number of aliphatic imine (C=N–C) groups is 1. The van der Waals surface area contributed by atoms with E-state index in [0.29, 0.717) is 5.71 Å². The number of carbonyl (C=O) groups excluding carboxylic acids is 1. The Labute approximate surface area is 54.4 Å². The first kappa shape index (κ1) is 6.26. The van der Waals surface area contributed by atoms with Crippen molar-refractivity contribution in [3.8, 4) is 0 Å². The molecular weight excluding hydrogens is 116 g/mol. The minimum Gasteiger partial charge on any atom is -0.340 e. The fourth-order valence-corrected chi connectivity index (χ4v) is 0.910. The van der Waals surface area contributed by atoms with E-state index in [0.717, 1.165) is 13.0 Å². The minimum atomic E-state index is 0.0810. The fourth-order valence-electron chi connectivity index (χ4n) is 0.910. The molecule has 1 aliphatic rings. The van der Waals surface area contributed by atoms with Crippen molar-refractivity contribution in [1.82, 2.24) is 4.90 Å². The highest BCUT2D eigenvalue weighted by atomic mass is 16.2. The normalized spacial score (nSPS) is 24.0. The first-order valence-corrected chi connectivity index (χ1v) is 2.97. The van der Waals surface area contributed by atoms with Crippen molar-refractivity contribution < 1.29 is 4.79 Å². The van der Waals surface area contributed by atoms with Crippen LogP contribution in [0.15, 0.2) is 4.99 Å². The van der Waals surface area contributed by atoms with Crippen LogP contribution in [0.2, 0.25) is 0 Å². The molecule has 0 bridgehead atoms. The molecule has 0 saturated carbocycles. The Morgan fingerprint density at radius 2 is 2.33 bits per heavy atom. The lowest BCUT2D eigenvalue weighted by atomic mass is 10.3. The summed E-state index contributed by atoms with van der Waals surface area (Å²) >= 11 is 0. The van der Waals surface area contributed by atoms with Gasteiger partial charge in [-0.2, -0.15) is 0 Å². The topological polar surface area (TPSA) is 32.7 Å². The van der Waals surface area contributed by atoms with Crippen LogP contribution in [0, 0.1) is 0 Å². The Bertz CT molecular complexity index is 162. The Morgan fingerprint density at radius 1 is 1.67 bits per heavy atom. The Morgan fingerprint density at radius 3 is 2.56 bits per heavy atom. The number of hydrogen-bond donors (Lipinski definition) is 0. The summed E-state index contributed by atoms with van der Waals surface area (Å²) in [5.74, 6) is 0.0810. The average Bonchev–Trinajstić information content (AvgIpc) is 2.15. The van der Waals surface area contributed by atoms with E-state index in [9.17, 15) is 4.79 Å². The molecule has 1 heterocycles. The van der Waals surface area contributed by atoms with Gasteiger partial charge < -0.3 is 4.90 Å². The Balaban J connectivity index is 2.74. The van der Waals surface area contributed by atoms with Gasteiger partial charge in [-0.1, -0.05) is 0 Å². The summed E-state index contributed by atoms with van der Waals surface area (Å²) in [5.41, 5.74) is 0.706. The van der Waals surface area contributed by atoms with E-state index in [1.165, 1.54) is 0 Å². The van der Waals surface area contributed by atoms with Gasteiger partial charge in [0.2, 0.25) is 0 Å². The minimum absolute atomic E-state index is 0.0810. The zero-order valence-corrected chi connectivity index (χ0v) is 5.72. The van der Waals surface area contributed by atoms with Gasteiger partial charge in [-0.3, -0.25) is 9.79 Å². The third-order valence-corrected chi connectivity index (χ3v) is 1.55. The standard InChI is InChI=1S/C6H10N2O/c1-7-5-3-4-8(2)6(5)9/h3-4H2,1-2H3. The maximum atomic E-state index is 10.9. The Kier molecular flexibility index (Phi) is 1.51. The second-order valence-electron chi connectivity index (χ2n) is 2.15. The van der Waals surface area contributed by atoms with Crippen LogP contribution in [0.4, 0.5) is 0 Å². The van der Waals surface area contributed by atoms with Crippen molar-refractivity contribution in [3.05, 3.63) is 0 Å². The molecule has 1 aliphatic heterocycles. The van der Waals surface area contributed by atoms with Crippen molar-refractivity contribution >= 4 is 11.6 Å². The molecule has 0 aromatic rings. The van der Waals surface area contributed by atoms with Gasteiger partial charge in [0.05, 0.1) is 0 Å². The zero-order valence-electron chi connectivity index (χ0n) is 5.72. The summed E-state index contributed by atoms with van der Waals surface area (Å²) in [6.07, 6.45) is 0.811. The van der Waals surface area contributed by atoms with Crippen molar-refractivity contribution in [1.29, 1.82) is 0 Å². The molecular formula is C6H10N2O. The highest BCUT2D eigenvalue weighted by molar-refractivity contribution is 6.40. The van der Waals surface area contributed by atoms with Crippen LogP contribution in [0.3, 0.4) is 0 Å². The van der Waals surface area contributed by atoms with Crippen LogP contribution in [0.25, 0.3) is 0 Å². The van der Waals surface area contributed by atoms with Gasteiger partial charge in [0.15, 0.2) is 0 Å². The van der Waals surface area contributed by atoms with Gasteiger partial charge in [0, 0.05) is 27.1 Å². The van der Waals surface area contributed by atoms with E-state index in [2.05, 4.69) is 4.99 Å². The summed E-state index contributed by atoms with van der Waals surface area (Å²) < 4.78 is 0. The molecule has 0 atom stereocenters. The van der Waals surface area contributed by atoms with Gasteiger partial charge in [-0.25, -0.2) is 0 Å². The molecule has 0 aromatic carbocycles. The zero-order chi connectivity index (χ0) is 6.85. The molecule has 0 radical (unpaired) electrons. The van der Waals surface area contributed by atoms with E-state index in [1.807, 2.05) is 0 Å². The molecule has 3 nitrogen and oxygen atoms in total. The second-order valence-corrected chi connectivity index (χ2v) is 2.15. The number of rotatable bonds is 0. The second kappa shape index (κ2) is 2.17. The van der Waals surface area contributed by atoms with Gasteiger partial charge in [0.1, 0.15) is 5.71 Å². The SMILES string of the molecule is CN=C1CCN(C)C1=O. The quantitative estimate of drug-likeness (QED) is 0.447. The van der Waals surface area contributed by atoms with Crippen molar-refractivity contribution in [3.63, 3.8) is 0 Å². The number of nitrogens with zero attached hydrogens (tertiary/aromatic N) is 2. The lowest BCUT2D eigenvalue weighted by Gasteiger charge is -2.03. The van der Waals surface area contributed by atoms with Gasteiger partial charge in [0.25, 0.3) is 5.91 Å². The molecule has 0 spiro atoms. The smallest absolute Gasteiger partial charge is 0.267 e. The molecule has 1 amide bonds. The van der Waals surface area contributed by atoms with E-state index < -0.39 is 0 Å². The molecule has 1 rings (SSSR count). The molecule has 0 N–H and O–H groups in total. The van der Waals surface area contributed by atoms with Gasteiger partial charge in [-0.05, 0) is 0 Å². The third-order valence-electron chi connectivity index (χ3n) is 1.55. The number of carbonyl (C=O) groups is 1. The molecule has 0 aliphatic carbocycles. The summed E-state index contributed by atoms with van der Waals surface area (Å²) in [4.78, 5) is 16.5. The van der Waals surface area contributed by atoms with E-state index in [-0.39, 0.29) is 5.91 Å². The van der Waals surface area contributed by atoms with Crippen LogP contribution in [0.5, 0.6) is 0 Å². The van der Waals surface area contributed by atoms with E-state index in [1.54, 1.807) is 19.0 Å². The summed E-state index contributed by atoms with van der Waals surface area (Å²) in [7, 11) is 3.45. The van der Waals surface area contributed by atoms with Crippen molar-refractivity contribution in [2.75, 3.05) is 20.6 Å². The summed E-state index contributed by atoms with van der Waals surface area (Å²) in [6, 6.07) is 0. The highest BCUT2D eigenvalue weighted by Gasteiger charge is 2.22. The van der Waals surface area contributed by atoms with Crippen LogP contribution in [-0.4, -0.2) is 37.2 Å². The average molecular weight is 126 g/mol. The van der Waals surface area contributed by atoms with Crippen molar-refractivity contribution in [2.24, 2.45) is 4.99 Å². The maximum Gasteiger partial charge on any atom is 0.267 e. The monoisotopic (exact) mass is 126 g/mol. The Hall–Kier alpha value is -0.860. The number of likely N-dealkylation sites (tertiary alicyclic amines) is 1. The molecule has 0 aromatic heterocycles. The molecule has 9 heavy (non-hydrogen) atoms. The number of hydrogen-bond acceptors (Lipinski definition) is 2. The van der Waals surface area contributed by atoms with Gasteiger partial charge in [-0.15, -0.1) is 0 Å². The molecule has 50 valence electrons.